The lowest BCUT2D eigenvalue weighted by Crippen LogP contribution is -2.05. The Morgan fingerprint density at radius 1 is 1.62 bits per heavy atom. The minimum absolute atomic E-state index is 0.571. The third-order valence-electron chi connectivity index (χ3n) is 2.68. The fraction of sp³-hybridized carbons (Fsp3) is 0.545. The van der Waals surface area contributed by atoms with Gasteiger partial charge >= 0.3 is 0 Å². The molecule has 16 heavy (non-hydrogen) atoms. The summed E-state index contributed by atoms with van der Waals surface area (Å²) >= 11 is 0. The molecule has 88 valence electrons. The number of aromatic nitrogens is 2. The molecule has 2 rings (SSSR count). The van der Waals surface area contributed by atoms with E-state index >= 15 is 0 Å². The van der Waals surface area contributed by atoms with Gasteiger partial charge in [0.15, 0.2) is 0 Å². The highest BCUT2D eigenvalue weighted by Gasteiger charge is 2.26. The number of nitrogens with zero attached hydrogens (tertiary/aromatic N) is 2. The Hall–Kier alpha value is -1.49. The van der Waals surface area contributed by atoms with E-state index in [4.69, 9.17) is 9.47 Å². The van der Waals surface area contributed by atoms with Crippen molar-refractivity contribution in [3.8, 4) is 5.88 Å². The van der Waals surface area contributed by atoms with Crippen LogP contribution in [0, 0.1) is 6.92 Å². The first-order valence-electron chi connectivity index (χ1n) is 5.23. The van der Waals surface area contributed by atoms with E-state index in [-0.39, 0.29) is 0 Å². The molecule has 0 bridgehead atoms. The predicted octanol–water partition coefficient (Wildman–Crippen LogP) is 1.07. The van der Waals surface area contributed by atoms with Crippen LogP contribution in [0.2, 0.25) is 0 Å². The third kappa shape index (κ3) is 1.67. The van der Waals surface area contributed by atoms with Gasteiger partial charge in [-0.15, -0.1) is 0 Å². The van der Waals surface area contributed by atoms with Gasteiger partial charge in [-0.2, -0.15) is 5.10 Å². The van der Waals surface area contributed by atoms with E-state index in [9.17, 15) is 5.11 Å². The van der Waals surface area contributed by atoms with E-state index in [0.717, 1.165) is 12.1 Å². The fourth-order valence-electron chi connectivity index (χ4n) is 1.98. The Morgan fingerprint density at radius 3 is 2.94 bits per heavy atom. The maximum Gasteiger partial charge on any atom is 0.217 e. The van der Waals surface area contributed by atoms with Crippen LogP contribution in [-0.4, -0.2) is 28.6 Å². The summed E-state index contributed by atoms with van der Waals surface area (Å²) < 4.78 is 12.2. The third-order valence-corrected chi connectivity index (χ3v) is 2.68. The zero-order chi connectivity index (χ0) is 11.7. The Morgan fingerprint density at radius 2 is 2.38 bits per heavy atom. The number of aliphatic hydroxyl groups is 1. The van der Waals surface area contributed by atoms with E-state index in [1.54, 1.807) is 18.8 Å². The summed E-state index contributed by atoms with van der Waals surface area (Å²) in [5.41, 5.74) is 1.43. The van der Waals surface area contributed by atoms with Crippen molar-refractivity contribution >= 4 is 0 Å². The van der Waals surface area contributed by atoms with E-state index in [0.29, 0.717) is 23.8 Å². The van der Waals surface area contributed by atoms with Crippen LogP contribution in [0.3, 0.4) is 0 Å². The minimum Gasteiger partial charge on any atom is -0.495 e. The summed E-state index contributed by atoms with van der Waals surface area (Å²) in [5, 5.41) is 14.4. The molecule has 5 heteroatoms. The molecule has 1 N–H and O–H groups in total. The Labute approximate surface area is 94.3 Å². The standard InChI is InChI=1S/C11H16N2O3/c1-7-9(11(15-3)13(2)12-7)10(14)8-5-4-6-16-8/h5,10,14H,4,6H2,1-3H3. The van der Waals surface area contributed by atoms with Crippen LogP contribution < -0.4 is 4.74 Å². The normalized spacial score (nSPS) is 16.9. The monoisotopic (exact) mass is 224 g/mol. The number of methoxy groups -OCH3 is 1. The van der Waals surface area contributed by atoms with Crippen molar-refractivity contribution in [1.82, 2.24) is 9.78 Å². The summed E-state index contributed by atoms with van der Waals surface area (Å²) in [4.78, 5) is 0. The van der Waals surface area contributed by atoms with Crippen LogP contribution in [0.25, 0.3) is 0 Å². The molecule has 0 saturated heterocycles. The molecule has 2 heterocycles. The van der Waals surface area contributed by atoms with E-state index in [2.05, 4.69) is 5.10 Å². The highest BCUT2D eigenvalue weighted by Crippen LogP contribution is 2.34. The molecular weight excluding hydrogens is 208 g/mol. The smallest absolute Gasteiger partial charge is 0.217 e. The Kier molecular flexibility index (Phi) is 2.87. The molecule has 5 nitrogen and oxygen atoms in total. The fourth-order valence-corrected chi connectivity index (χ4v) is 1.98. The molecular formula is C11H16N2O3. The van der Waals surface area contributed by atoms with Gasteiger partial charge in [0.05, 0.1) is 25.0 Å². The summed E-state index contributed by atoms with van der Waals surface area (Å²) in [7, 11) is 3.35. The molecule has 1 aliphatic rings. The lowest BCUT2D eigenvalue weighted by molar-refractivity contribution is 0.116. The summed E-state index contributed by atoms with van der Waals surface area (Å²) in [5.74, 6) is 1.16. The number of aliphatic hydroxyl groups excluding tert-OH is 1. The second-order valence-electron chi connectivity index (χ2n) is 3.78. The first-order chi connectivity index (χ1) is 7.65. The first-order valence-corrected chi connectivity index (χ1v) is 5.23. The second-order valence-corrected chi connectivity index (χ2v) is 3.78. The van der Waals surface area contributed by atoms with Gasteiger partial charge in [0.1, 0.15) is 11.9 Å². The quantitative estimate of drug-likeness (QED) is 0.834. The zero-order valence-corrected chi connectivity index (χ0v) is 9.73. The number of rotatable bonds is 3. The van der Waals surface area contributed by atoms with Crippen molar-refractivity contribution in [2.45, 2.75) is 19.4 Å². The number of ether oxygens (including phenoxy) is 2. The maximum absolute atomic E-state index is 10.2. The first kappa shape index (κ1) is 11.0. The topological polar surface area (TPSA) is 56.5 Å². The zero-order valence-electron chi connectivity index (χ0n) is 9.73. The van der Waals surface area contributed by atoms with Crippen molar-refractivity contribution < 1.29 is 14.6 Å². The largest absolute Gasteiger partial charge is 0.495 e. The maximum atomic E-state index is 10.2. The molecule has 0 aliphatic carbocycles. The molecule has 1 aromatic heterocycles. The van der Waals surface area contributed by atoms with Crippen molar-refractivity contribution in [3.05, 3.63) is 23.1 Å². The SMILES string of the molecule is COc1c(C(O)C2=CCCO2)c(C)nn1C. The molecule has 1 aliphatic heterocycles. The molecule has 0 radical (unpaired) electrons. The number of hydrogen-bond acceptors (Lipinski definition) is 4. The van der Waals surface area contributed by atoms with Crippen LogP contribution in [0.15, 0.2) is 11.8 Å². The lowest BCUT2D eigenvalue weighted by atomic mass is 10.1. The van der Waals surface area contributed by atoms with Crippen molar-refractivity contribution in [3.63, 3.8) is 0 Å². The molecule has 1 unspecified atom stereocenters. The minimum atomic E-state index is -0.786. The molecule has 0 aromatic carbocycles. The Bertz CT molecular complexity index is 423. The molecule has 0 fully saturated rings. The van der Waals surface area contributed by atoms with Gasteiger partial charge in [-0.3, -0.25) is 0 Å². The average Bonchev–Trinajstić information content (AvgIpc) is 2.84. The highest BCUT2D eigenvalue weighted by atomic mass is 16.5. The van der Waals surface area contributed by atoms with Crippen LogP contribution in [0.5, 0.6) is 5.88 Å². The highest BCUT2D eigenvalue weighted by molar-refractivity contribution is 5.37. The molecule has 0 saturated carbocycles. The van der Waals surface area contributed by atoms with Crippen molar-refractivity contribution in [1.29, 1.82) is 0 Å². The van der Waals surface area contributed by atoms with Gasteiger partial charge in [-0.1, -0.05) is 0 Å². The second kappa shape index (κ2) is 4.17. The van der Waals surface area contributed by atoms with Gasteiger partial charge in [0, 0.05) is 13.5 Å². The number of hydrogen-bond donors (Lipinski definition) is 1. The van der Waals surface area contributed by atoms with Crippen LogP contribution in [0.1, 0.15) is 23.8 Å². The predicted molar refractivity (Wildman–Crippen MR) is 58.1 cm³/mol. The molecule has 1 aromatic rings. The van der Waals surface area contributed by atoms with Crippen LogP contribution in [-0.2, 0) is 11.8 Å². The van der Waals surface area contributed by atoms with E-state index in [1.807, 2.05) is 13.0 Å². The van der Waals surface area contributed by atoms with E-state index in [1.165, 1.54) is 0 Å². The lowest BCUT2D eigenvalue weighted by Gasteiger charge is -2.13. The van der Waals surface area contributed by atoms with Gasteiger partial charge in [-0.05, 0) is 13.0 Å². The molecule has 0 amide bonds. The molecule has 1 atom stereocenters. The Balaban J connectivity index is 2.38. The van der Waals surface area contributed by atoms with Gasteiger partial charge in [-0.25, -0.2) is 4.68 Å². The van der Waals surface area contributed by atoms with Gasteiger partial charge < -0.3 is 14.6 Å². The van der Waals surface area contributed by atoms with E-state index < -0.39 is 6.10 Å². The average molecular weight is 224 g/mol. The van der Waals surface area contributed by atoms with Crippen molar-refractivity contribution in [2.24, 2.45) is 7.05 Å². The summed E-state index contributed by atoms with van der Waals surface area (Å²) in [6.07, 6.45) is 1.95. The van der Waals surface area contributed by atoms with Gasteiger partial charge in [0.25, 0.3) is 0 Å². The van der Waals surface area contributed by atoms with Crippen LogP contribution in [0.4, 0.5) is 0 Å². The molecule has 0 spiro atoms. The summed E-state index contributed by atoms with van der Waals surface area (Å²) in [6, 6.07) is 0. The van der Waals surface area contributed by atoms with Crippen molar-refractivity contribution in [2.75, 3.05) is 13.7 Å². The number of aryl methyl sites for hydroxylation is 2. The van der Waals surface area contributed by atoms with Gasteiger partial charge in [0.2, 0.25) is 5.88 Å². The summed E-state index contributed by atoms with van der Waals surface area (Å²) in [6.45, 7) is 2.48. The van der Waals surface area contributed by atoms with Crippen LogP contribution >= 0.6 is 0 Å².